The van der Waals surface area contributed by atoms with Crippen molar-refractivity contribution in [2.24, 2.45) is 5.92 Å². The monoisotopic (exact) mass is 355 g/mol. The summed E-state index contributed by atoms with van der Waals surface area (Å²) in [5, 5.41) is 12.7. The Kier molecular flexibility index (Phi) is 5.27. The predicted molar refractivity (Wildman–Crippen MR) is 85.6 cm³/mol. The fraction of sp³-hybridized carbons (Fsp3) is 0.562. The minimum atomic E-state index is -0.476. The van der Waals surface area contributed by atoms with Gasteiger partial charge < -0.3 is 15.2 Å². The van der Waals surface area contributed by atoms with Gasteiger partial charge in [0.2, 0.25) is 0 Å². The van der Waals surface area contributed by atoms with Crippen LogP contribution in [0, 0.1) is 5.92 Å². The molecule has 0 spiro atoms. The second-order valence-corrected chi connectivity index (χ2v) is 6.78. The second-order valence-electron chi connectivity index (χ2n) is 5.92. The number of amides is 1. The van der Waals surface area contributed by atoms with Gasteiger partial charge in [-0.2, -0.15) is 0 Å². The summed E-state index contributed by atoms with van der Waals surface area (Å²) in [5.74, 6) is 1.20. The summed E-state index contributed by atoms with van der Waals surface area (Å²) in [6, 6.07) is 5.23. The molecule has 5 heteroatoms. The van der Waals surface area contributed by atoms with Crippen molar-refractivity contribution in [1.82, 2.24) is 5.32 Å². The highest BCUT2D eigenvalue weighted by atomic mass is 79.9. The highest BCUT2D eigenvalue weighted by Gasteiger charge is 2.35. The lowest BCUT2D eigenvalue weighted by molar-refractivity contribution is 0.0717. The highest BCUT2D eigenvalue weighted by Crippen LogP contribution is 2.32. The molecule has 0 aliphatic heterocycles. The Balaban J connectivity index is 2.11. The molecule has 0 bridgehead atoms. The summed E-state index contributed by atoms with van der Waals surface area (Å²) in [4.78, 5) is 12.4. The van der Waals surface area contributed by atoms with Crippen LogP contribution in [-0.2, 0) is 0 Å². The number of hydrogen-bond acceptors (Lipinski definition) is 3. The van der Waals surface area contributed by atoms with Crippen LogP contribution in [0.1, 0.15) is 43.0 Å². The summed E-state index contributed by atoms with van der Waals surface area (Å²) in [6.45, 7) is 2.20. The fourth-order valence-electron chi connectivity index (χ4n) is 2.76. The van der Waals surface area contributed by atoms with E-state index in [0.717, 1.165) is 30.2 Å². The van der Waals surface area contributed by atoms with Crippen LogP contribution in [0.15, 0.2) is 22.7 Å². The normalized spacial score (nSPS) is 25.4. The maximum absolute atomic E-state index is 12.4. The SMILES string of the molecule is COc1ccc(C(=O)NC2(CO)CCC(C)CC2)cc1Br. The number of hydrogen-bond donors (Lipinski definition) is 2. The standard InChI is InChI=1S/C16H22BrNO3/c1-11-5-7-16(10-19,8-6-11)18-15(20)12-3-4-14(21-2)13(17)9-12/h3-4,9,11,19H,5-8,10H2,1-2H3,(H,18,20). The number of methoxy groups -OCH3 is 1. The van der Waals surface area contributed by atoms with E-state index in [1.54, 1.807) is 25.3 Å². The Morgan fingerprint density at radius 3 is 2.67 bits per heavy atom. The van der Waals surface area contributed by atoms with E-state index in [1.165, 1.54) is 0 Å². The quantitative estimate of drug-likeness (QED) is 0.872. The van der Waals surface area contributed by atoms with E-state index in [4.69, 9.17) is 4.74 Å². The van der Waals surface area contributed by atoms with E-state index in [2.05, 4.69) is 28.2 Å². The second kappa shape index (κ2) is 6.79. The summed E-state index contributed by atoms with van der Waals surface area (Å²) in [6.07, 6.45) is 3.72. The Labute approximate surface area is 134 Å². The Hall–Kier alpha value is -1.07. The zero-order valence-electron chi connectivity index (χ0n) is 12.5. The van der Waals surface area contributed by atoms with Crippen molar-refractivity contribution in [3.63, 3.8) is 0 Å². The molecule has 0 atom stereocenters. The van der Waals surface area contributed by atoms with Gasteiger partial charge in [0.05, 0.1) is 23.7 Å². The van der Waals surface area contributed by atoms with Gasteiger partial charge in [0.1, 0.15) is 5.75 Å². The summed E-state index contributed by atoms with van der Waals surface area (Å²) >= 11 is 3.38. The Bertz CT molecular complexity index is 510. The van der Waals surface area contributed by atoms with Crippen LogP contribution in [0.4, 0.5) is 0 Å². The van der Waals surface area contributed by atoms with Gasteiger partial charge in [0.15, 0.2) is 0 Å². The molecule has 1 aromatic carbocycles. The maximum atomic E-state index is 12.4. The third-order valence-corrected chi connectivity index (χ3v) is 4.95. The van der Waals surface area contributed by atoms with Gasteiger partial charge in [-0.1, -0.05) is 6.92 Å². The largest absolute Gasteiger partial charge is 0.496 e. The number of benzene rings is 1. The fourth-order valence-corrected chi connectivity index (χ4v) is 3.30. The third kappa shape index (κ3) is 3.77. The van der Waals surface area contributed by atoms with E-state index in [0.29, 0.717) is 17.2 Å². The average molecular weight is 356 g/mol. The first-order valence-corrected chi connectivity index (χ1v) is 8.06. The van der Waals surface area contributed by atoms with Crippen molar-refractivity contribution in [2.45, 2.75) is 38.1 Å². The van der Waals surface area contributed by atoms with Gasteiger partial charge >= 0.3 is 0 Å². The molecule has 1 aliphatic rings. The molecule has 1 aromatic rings. The van der Waals surface area contributed by atoms with Gasteiger partial charge in [-0.25, -0.2) is 0 Å². The van der Waals surface area contributed by atoms with Crippen molar-refractivity contribution in [2.75, 3.05) is 13.7 Å². The minimum Gasteiger partial charge on any atom is -0.496 e. The van der Waals surface area contributed by atoms with E-state index < -0.39 is 5.54 Å². The molecule has 21 heavy (non-hydrogen) atoms. The van der Waals surface area contributed by atoms with Crippen LogP contribution in [-0.4, -0.2) is 30.3 Å². The van der Waals surface area contributed by atoms with Crippen LogP contribution < -0.4 is 10.1 Å². The number of carbonyl (C=O) groups excluding carboxylic acids is 1. The molecule has 0 heterocycles. The average Bonchev–Trinajstić information content (AvgIpc) is 2.49. The number of rotatable bonds is 4. The summed E-state index contributed by atoms with van der Waals surface area (Å²) < 4.78 is 5.91. The molecule has 1 saturated carbocycles. The highest BCUT2D eigenvalue weighted by molar-refractivity contribution is 9.10. The Morgan fingerprint density at radius 1 is 1.48 bits per heavy atom. The molecule has 0 radical (unpaired) electrons. The third-order valence-electron chi connectivity index (χ3n) is 4.33. The van der Waals surface area contributed by atoms with E-state index in [9.17, 15) is 9.90 Å². The van der Waals surface area contributed by atoms with Gasteiger partial charge in [-0.05, 0) is 65.7 Å². The first-order valence-electron chi connectivity index (χ1n) is 7.26. The molecule has 116 valence electrons. The topological polar surface area (TPSA) is 58.6 Å². The molecule has 1 aliphatic carbocycles. The lowest BCUT2D eigenvalue weighted by Crippen LogP contribution is -2.53. The number of halogens is 1. The summed E-state index contributed by atoms with van der Waals surface area (Å²) in [5.41, 5.74) is 0.0878. The van der Waals surface area contributed by atoms with Crippen molar-refractivity contribution >= 4 is 21.8 Å². The predicted octanol–water partition coefficient (Wildman–Crippen LogP) is 3.13. The smallest absolute Gasteiger partial charge is 0.251 e. The number of nitrogens with one attached hydrogen (secondary N) is 1. The van der Waals surface area contributed by atoms with Crippen LogP contribution in [0.5, 0.6) is 5.75 Å². The minimum absolute atomic E-state index is 0.0111. The molecule has 1 amide bonds. The van der Waals surface area contributed by atoms with Crippen LogP contribution >= 0.6 is 15.9 Å². The lowest BCUT2D eigenvalue weighted by Gasteiger charge is -2.38. The number of ether oxygens (including phenoxy) is 1. The Morgan fingerprint density at radius 2 is 2.14 bits per heavy atom. The van der Waals surface area contributed by atoms with E-state index in [-0.39, 0.29) is 12.5 Å². The molecule has 2 N–H and O–H groups in total. The van der Waals surface area contributed by atoms with Crippen LogP contribution in [0.3, 0.4) is 0 Å². The first-order chi connectivity index (χ1) is 9.99. The molecule has 0 aromatic heterocycles. The van der Waals surface area contributed by atoms with Crippen molar-refractivity contribution in [3.8, 4) is 5.75 Å². The molecule has 0 saturated heterocycles. The molecule has 2 rings (SSSR count). The maximum Gasteiger partial charge on any atom is 0.251 e. The van der Waals surface area contributed by atoms with Gasteiger partial charge in [-0.3, -0.25) is 4.79 Å². The van der Waals surface area contributed by atoms with Gasteiger partial charge in [0, 0.05) is 5.56 Å². The van der Waals surface area contributed by atoms with Crippen molar-refractivity contribution in [1.29, 1.82) is 0 Å². The molecule has 0 unspecified atom stereocenters. The summed E-state index contributed by atoms with van der Waals surface area (Å²) in [7, 11) is 1.59. The molecular weight excluding hydrogens is 334 g/mol. The molecular formula is C16H22BrNO3. The van der Waals surface area contributed by atoms with Gasteiger partial charge in [-0.15, -0.1) is 0 Å². The first kappa shape index (κ1) is 16.3. The molecule has 4 nitrogen and oxygen atoms in total. The number of aliphatic hydroxyl groups is 1. The number of carbonyl (C=O) groups is 1. The van der Waals surface area contributed by atoms with E-state index in [1.807, 2.05) is 0 Å². The molecule has 1 fully saturated rings. The number of aliphatic hydroxyl groups excluding tert-OH is 1. The lowest BCUT2D eigenvalue weighted by atomic mass is 9.77. The van der Waals surface area contributed by atoms with Crippen LogP contribution in [0.25, 0.3) is 0 Å². The zero-order chi connectivity index (χ0) is 15.5. The van der Waals surface area contributed by atoms with Crippen molar-refractivity contribution < 1.29 is 14.6 Å². The zero-order valence-corrected chi connectivity index (χ0v) is 14.1. The van der Waals surface area contributed by atoms with Crippen LogP contribution in [0.2, 0.25) is 0 Å². The van der Waals surface area contributed by atoms with Crippen molar-refractivity contribution in [3.05, 3.63) is 28.2 Å². The van der Waals surface area contributed by atoms with E-state index >= 15 is 0 Å². The van der Waals surface area contributed by atoms with Gasteiger partial charge in [0.25, 0.3) is 5.91 Å².